The number of amides is 1. The summed E-state index contributed by atoms with van der Waals surface area (Å²) in [6.45, 7) is 6.27. The number of nitrogens with one attached hydrogen (secondary N) is 1. The Morgan fingerprint density at radius 3 is 2.67 bits per heavy atom. The van der Waals surface area contributed by atoms with Gasteiger partial charge in [-0.05, 0) is 30.0 Å². The minimum Gasteiger partial charge on any atom is -0.454 e. The first-order valence-electron chi connectivity index (χ1n) is 7.94. The van der Waals surface area contributed by atoms with Crippen LogP contribution in [0.5, 0.6) is 0 Å². The molecule has 0 saturated heterocycles. The van der Waals surface area contributed by atoms with Crippen LogP contribution in [0.2, 0.25) is 0 Å². The highest BCUT2D eigenvalue weighted by molar-refractivity contribution is 5.91. The molecule has 0 aliphatic rings. The van der Waals surface area contributed by atoms with Crippen LogP contribution in [-0.4, -0.2) is 28.2 Å². The van der Waals surface area contributed by atoms with E-state index >= 15 is 0 Å². The number of pyridine rings is 1. The van der Waals surface area contributed by atoms with E-state index in [1.54, 1.807) is 30.5 Å². The van der Waals surface area contributed by atoms with Gasteiger partial charge in [0.25, 0.3) is 11.5 Å². The van der Waals surface area contributed by atoms with Crippen molar-refractivity contribution in [2.45, 2.75) is 39.8 Å². The lowest BCUT2D eigenvalue weighted by atomic mass is 9.88. The molecule has 2 aromatic rings. The Bertz CT molecular complexity index is 740. The SMILES string of the molecule is CC(C)(C)CC(CO)NC(=O)c1ccc(Cn2ccccc2=O)o1. The number of carbonyl (C=O) groups is 1. The van der Waals surface area contributed by atoms with E-state index in [-0.39, 0.29) is 41.8 Å². The summed E-state index contributed by atoms with van der Waals surface area (Å²) in [5.41, 5.74) is -0.144. The van der Waals surface area contributed by atoms with Gasteiger partial charge in [0, 0.05) is 12.3 Å². The summed E-state index contributed by atoms with van der Waals surface area (Å²) in [7, 11) is 0. The zero-order chi connectivity index (χ0) is 17.7. The highest BCUT2D eigenvalue weighted by atomic mass is 16.4. The van der Waals surface area contributed by atoms with Crippen molar-refractivity contribution >= 4 is 5.91 Å². The van der Waals surface area contributed by atoms with Crippen LogP contribution in [0.4, 0.5) is 0 Å². The van der Waals surface area contributed by atoms with Crippen LogP contribution in [0.3, 0.4) is 0 Å². The Kier molecular flexibility index (Phi) is 5.62. The van der Waals surface area contributed by atoms with Gasteiger partial charge in [-0.2, -0.15) is 0 Å². The molecule has 0 aliphatic carbocycles. The van der Waals surface area contributed by atoms with E-state index in [1.807, 2.05) is 20.8 Å². The van der Waals surface area contributed by atoms with Crippen LogP contribution in [0.25, 0.3) is 0 Å². The second kappa shape index (κ2) is 7.49. The van der Waals surface area contributed by atoms with Gasteiger partial charge in [-0.1, -0.05) is 26.8 Å². The fourth-order valence-electron chi connectivity index (χ4n) is 2.50. The van der Waals surface area contributed by atoms with Crippen molar-refractivity contribution in [3.05, 3.63) is 58.4 Å². The monoisotopic (exact) mass is 332 g/mol. The van der Waals surface area contributed by atoms with Crippen molar-refractivity contribution in [2.75, 3.05) is 6.61 Å². The molecule has 6 nitrogen and oxygen atoms in total. The van der Waals surface area contributed by atoms with Crippen LogP contribution < -0.4 is 10.9 Å². The van der Waals surface area contributed by atoms with Crippen molar-refractivity contribution in [3.8, 4) is 0 Å². The molecule has 2 aromatic heterocycles. The predicted octanol–water partition coefficient (Wildman–Crippen LogP) is 2.02. The average Bonchev–Trinajstić information content (AvgIpc) is 2.96. The predicted molar refractivity (Wildman–Crippen MR) is 90.9 cm³/mol. The second-order valence-electron chi connectivity index (χ2n) is 7.05. The standard InChI is InChI=1S/C18H24N2O4/c1-18(2,3)10-13(12-21)19-17(23)15-8-7-14(24-15)11-20-9-5-4-6-16(20)22/h4-9,13,21H,10-12H2,1-3H3,(H,19,23). The molecule has 0 fully saturated rings. The van der Waals surface area contributed by atoms with Crippen molar-refractivity contribution in [1.82, 2.24) is 9.88 Å². The molecule has 6 heteroatoms. The minimum atomic E-state index is -0.370. The zero-order valence-electron chi connectivity index (χ0n) is 14.3. The molecule has 1 atom stereocenters. The Morgan fingerprint density at radius 2 is 2.04 bits per heavy atom. The van der Waals surface area contributed by atoms with Gasteiger partial charge >= 0.3 is 0 Å². The Hall–Kier alpha value is -2.34. The van der Waals surface area contributed by atoms with E-state index in [0.29, 0.717) is 12.2 Å². The van der Waals surface area contributed by atoms with Crippen LogP contribution in [0.1, 0.15) is 43.5 Å². The van der Waals surface area contributed by atoms with E-state index in [4.69, 9.17) is 4.42 Å². The minimum absolute atomic E-state index is 0.0104. The number of aromatic nitrogens is 1. The third kappa shape index (κ3) is 5.09. The molecule has 130 valence electrons. The summed E-state index contributed by atoms with van der Waals surface area (Å²) in [5.74, 6) is 0.316. The van der Waals surface area contributed by atoms with Gasteiger partial charge in [0.2, 0.25) is 0 Å². The fourth-order valence-corrected chi connectivity index (χ4v) is 2.50. The number of aliphatic hydroxyl groups excluding tert-OH is 1. The van der Waals surface area contributed by atoms with E-state index in [0.717, 1.165) is 0 Å². The zero-order valence-corrected chi connectivity index (χ0v) is 14.3. The molecule has 0 radical (unpaired) electrons. The first kappa shape index (κ1) is 18.0. The lowest BCUT2D eigenvalue weighted by molar-refractivity contribution is 0.0868. The second-order valence-corrected chi connectivity index (χ2v) is 7.05. The molecule has 1 unspecified atom stereocenters. The molecule has 2 N–H and O–H groups in total. The van der Waals surface area contributed by atoms with E-state index in [1.165, 1.54) is 10.6 Å². The lowest BCUT2D eigenvalue weighted by Gasteiger charge is -2.25. The lowest BCUT2D eigenvalue weighted by Crippen LogP contribution is -2.39. The van der Waals surface area contributed by atoms with Gasteiger partial charge in [-0.25, -0.2) is 0 Å². The topological polar surface area (TPSA) is 84.5 Å². The Balaban J connectivity index is 2.03. The molecule has 0 bridgehead atoms. The van der Waals surface area contributed by atoms with Gasteiger partial charge in [0.1, 0.15) is 5.76 Å². The summed E-state index contributed by atoms with van der Waals surface area (Å²) in [5, 5.41) is 12.2. The third-order valence-corrected chi connectivity index (χ3v) is 3.53. The Morgan fingerprint density at radius 1 is 1.29 bits per heavy atom. The number of hydrogen-bond acceptors (Lipinski definition) is 4. The molecule has 0 spiro atoms. The quantitative estimate of drug-likeness (QED) is 0.847. The van der Waals surface area contributed by atoms with Crippen molar-refractivity contribution in [1.29, 1.82) is 0 Å². The van der Waals surface area contributed by atoms with E-state index in [9.17, 15) is 14.7 Å². The van der Waals surface area contributed by atoms with Crippen LogP contribution in [0.15, 0.2) is 45.7 Å². The largest absolute Gasteiger partial charge is 0.454 e. The molecular weight excluding hydrogens is 308 g/mol. The van der Waals surface area contributed by atoms with Crippen molar-refractivity contribution in [3.63, 3.8) is 0 Å². The number of rotatable bonds is 6. The molecular formula is C18H24N2O4. The number of furan rings is 1. The summed E-state index contributed by atoms with van der Waals surface area (Å²) in [6.07, 6.45) is 2.32. The Labute approximate surface area is 141 Å². The molecule has 0 saturated carbocycles. The highest BCUT2D eigenvalue weighted by Gasteiger charge is 2.21. The molecule has 2 heterocycles. The maximum Gasteiger partial charge on any atom is 0.287 e. The fraction of sp³-hybridized carbons (Fsp3) is 0.444. The maximum atomic E-state index is 12.2. The van der Waals surface area contributed by atoms with Crippen LogP contribution in [-0.2, 0) is 6.54 Å². The van der Waals surface area contributed by atoms with E-state index in [2.05, 4.69) is 5.32 Å². The van der Waals surface area contributed by atoms with E-state index < -0.39 is 0 Å². The molecule has 1 amide bonds. The molecule has 2 rings (SSSR count). The van der Waals surface area contributed by atoms with Crippen LogP contribution >= 0.6 is 0 Å². The van der Waals surface area contributed by atoms with Crippen molar-refractivity contribution in [2.24, 2.45) is 5.41 Å². The van der Waals surface area contributed by atoms with Crippen LogP contribution in [0, 0.1) is 5.41 Å². The van der Waals surface area contributed by atoms with Gasteiger partial charge in [-0.3, -0.25) is 9.59 Å². The van der Waals surface area contributed by atoms with Gasteiger partial charge in [0.15, 0.2) is 5.76 Å². The number of nitrogens with zero attached hydrogens (tertiary/aromatic N) is 1. The normalized spacial score (nSPS) is 12.8. The average molecular weight is 332 g/mol. The summed E-state index contributed by atoms with van der Waals surface area (Å²) < 4.78 is 7.02. The highest BCUT2D eigenvalue weighted by Crippen LogP contribution is 2.21. The molecule has 0 aliphatic heterocycles. The first-order chi connectivity index (χ1) is 11.3. The van der Waals surface area contributed by atoms with Gasteiger partial charge in [0.05, 0.1) is 19.2 Å². The summed E-state index contributed by atoms with van der Waals surface area (Å²) >= 11 is 0. The first-order valence-corrected chi connectivity index (χ1v) is 7.94. The number of carbonyl (C=O) groups excluding carboxylic acids is 1. The molecule has 24 heavy (non-hydrogen) atoms. The number of hydrogen-bond donors (Lipinski definition) is 2. The summed E-state index contributed by atoms with van der Waals surface area (Å²) in [6, 6.07) is 7.81. The van der Waals surface area contributed by atoms with Crippen molar-refractivity contribution < 1.29 is 14.3 Å². The van der Waals surface area contributed by atoms with Gasteiger partial charge < -0.3 is 19.4 Å². The van der Waals surface area contributed by atoms with Gasteiger partial charge in [-0.15, -0.1) is 0 Å². The maximum absolute atomic E-state index is 12.2. The summed E-state index contributed by atoms with van der Waals surface area (Å²) in [4.78, 5) is 23.9. The third-order valence-electron chi connectivity index (χ3n) is 3.53. The molecule has 0 aromatic carbocycles. The number of aliphatic hydroxyl groups is 1. The smallest absolute Gasteiger partial charge is 0.287 e.